The maximum atomic E-state index is 14.1. The Kier molecular flexibility index (Phi) is 8.45. The van der Waals surface area contributed by atoms with Gasteiger partial charge < -0.3 is 19.7 Å². The van der Waals surface area contributed by atoms with Crippen LogP contribution in [-0.2, 0) is 22.7 Å². The minimum atomic E-state index is -0.987. The number of para-hydroxylation sites is 1. The lowest BCUT2D eigenvalue weighted by Gasteiger charge is -2.32. The summed E-state index contributed by atoms with van der Waals surface area (Å²) in [6.45, 7) is 0.0371. The number of anilines is 1. The summed E-state index contributed by atoms with van der Waals surface area (Å²) in [5, 5.41) is 11.8. The highest BCUT2D eigenvalue weighted by Gasteiger charge is 2.32. The Labute approximate surface area is 242 Å². The van der Waals surface area contributed by atoms with Gasteiger partial charge in [-0.3, -0.25) is 9.59 Å². The number of carbonyl (C=O) groups excluding carboxylic acids is 2. The Morgan fingerprint density at radius 2 is 1.51 bits per heavy atom. The molecule has 9 nitrogen and oxygen atoms in total. The van der Waals surface area contributed by atoms with E-state index in [1.807, 2.05) is 48.5 Å². The smallest absolute Gasteiger partial charge is 0.251 e. The summed E-state index contributed by atoms with van der Waals surface area (Å²) in [7, 11) is 3.17. The van der Waals surface area contributed by atoms with Crippen LogP contribution in [0.5, 0.6) is 11.5 Å². The molecule has 5 rings (SSSR count). The van der Waals surface area contributed by atoms with E-state index >= 15 is 0 Å². The average molecular weight is 570 g/mol. The molecule has 0 unspecified atom stereocenters. The summed E-state index contributed by atoms with van der Waals surface area (Å²) in [6.07, 6.45) is 0. The van der Waals surface area contributed by atoms with Gasteiger partial charge in [-0.05, 0) is 71.8 Å². The lowest BCUT2D eigenvalue weighted by atomic mass is 10.0. The van der Waals surface area contributed by atoms with E-state index in [0.29, 0.717) is 33.3 Å². The van der Waals surface area contributed by atoms with Crippen molar-refractivity contribution in [1.82, 2.24) is 19.9 Å². The molecule has 4 aromatic carbocycles. The molecule has 1 N–H and O–H groups in total. The number of carbonyl (C=O) groups is 2. The van der Waals surface area contributed by atoms with Crippen LogP contribution >= 0.6 is 11.6 Å². The van der Waals surface area contributed by atoms with Crippen molar-refractivity contribution in [3.05, 3.63) is 113 Å². The number of nitrogens with zero attached hydrogens (tertiary/aromatic N) is 4. The lowest BCUT2D eigenvalue weighted by molar-refractivity contribution is -0.140. The quantitative estimate of drug-likeness (QED) is 0.238. The lowest BCUT2D eigenvalue weighted by Crippen LogP contribution is -2.42. The summed E-state index contributed by atoms with van der Waals surface area (Å²) >= 11 is 6.18. The highest BCUT2D eigenvalue weighted by molar-refractivity contribution is 6.30. The van der Waals surface area contributed by atoms with Gasteiger partial charge >= 0.3 is 0 Å². The first kappa shape index (κ1) is 27.7. The van der Waals surface area contributed by atoms with Crippen LogP contribution in [0, 0.1) is 0 Å². The molecule has 0 spiro atoms. The van der Waals surface area contributed by atoms with Crippen LogP contribution in [0.1, 0.15) is 17.2 Å². The van der Waals surface area contributed by atoms with Crippen molar-refractivity contribution in [3.8, 4) is 11.5 Å². The van der Waals surface area contributed by atoms with Gasteiger partial charge in [-0.1, -0.05) is 53.2 Å². The summed E-state index contributed by atoms with van der Waals surface area (Å²) in [5.74, 6) is 0.643. The zero-order chi connectivity index (χ0) is 28.8. The molecule has 41 heavy (non-hydrogen) atoms. The SMILES string of the molecule is COc1ccc(CN(C(=O)Cn2nnc3ccccc32)[C@@H](C(=O)Nc2ccc(OC)cc2)c2ccc(Cl)cc2)cc1. The van der Waals surface area contributed by atoms with E-state index in [9.17, 15) is 9.59 Å². The van der Waals surface area contributed by atoms with Gasteiger partial charge in [0.15, 0.2) is 0 Å². The average Bonchev–Trinajstić information content (AvgIpc) is 3.41. The molecule has 0 aliphatic heterocycles. The van der Waals surface area contributed by atoms with Gasteiger partial charge in [-0.2, -0.15) is 0 Å². The number of fused-ring (bicyclic) bond motifs is 1. The van der Waals surface area contributed by atoms with Crippen molar-refractivity contribution in [2.45, 2.75) is 19.1 Å². The second kappa shape index (κ2) is 12.5. The Morgan fingerprint density at radius 3 is 2.17 bits per heavy atom. The number of hydrogen-bond donors (Lipinski definition) is 1. The zero-order valence-corrected chi connectivity index (χ0v) is 23.3. The normalized spacial score (nSPS) is 11.6. The van der Waals surface area contributed by atoms with Crippen LogP contribution in [-0.4, -0.2) is 45.9 Å². The Balaban J connectivity index is 1.53. The molecule has 0 aliphatic carbocycles. The Morgan fingerprint density at radius 1 is 0.878 bits per heavy atom. The predicted octanol–water partition coefficient (Wildman–Crippen LogP) is 5.51. The van der Waals surface area contributed by atoms with Gasteiger partial charge in [0.1, 0.15) is 29.6 Å². The molecule has 10 heteroatoms. The van der Waals surface area contributed by atoms with Gasteiger partial charge in [-0.25, -0.2) is 4.68 Å². The van der Waals surface area contributed by atoms with Crippen LogP contribution in [0.2, 0.25) is 5.02 Å². The summed E-state index contributed by atoms with van der Waals surface area (Å²) in [4.78, 5) is 29.6. The highest BCUT2D eigenvalue weighted by atomic mass is 35.5. The standard InChI is InChI=1S/C31H28ClN5O4/c1-40-25-15-7-21(8-16-25)19-36(29(38)20-37-28-6-4-3-5-27(28)34-35-37)30(22-9-11-23(32)12-10-22)31(39)33-24-13-17-26(41-2)18-14-24/h3-18,30H,19-20H2,1-2H3,(H,33,39)/t30-/m1/s1. The molecule has 1 heterocycles. The van der Waals surface area contributed by atoms with Crippen molar-refractivity contribution in [1.29, 1.82) is 0 Å². The van der Waals surface area contributed by atoms with Crippen LogP contribution < -0.4 is 14.8 Å². The number of benzene rings is 4. The molecule has 2 amide bonds. The molecule has 0 aliphatic rings. The molecule has 0 bridgehead atoms. The molecule has 0 radical (unpaired) electrons. The van der Waals surface area contributed by atoms with Gasteiger partial charge in [0.05, 0.1) is 19.7 Å². The second-order valence-electron chi connectivity index (χ2n) is 9.28. The van der Waals surface area contributed by atoms with Crippen molar-refractivity contribution < 1.29 is 19.1 Å². The Hall–Kier alpha value is -4.89. The third kappa shape index (κ3) is 6.47. The molecule has 0 fully saturated rings. The zero-order valence-electron chi connectivity index (χ0n) is 22.5. The molecule has 1 atom stereocenters. The molecule has 1 aromatic heterocycles. The van der Waals surface area contributed by atoms with Crippen molar-refractivity contribution >= 4 is 40.1 Å². The number of ether oxygens (including phenoxy) is 2. The van der Waals surface area contributed by atoms with E-state index in [1.54, 1.807) is 72.3 Å². The fourth-order valence-electron chi connectivity index (χ4n) is 4.51. The number of halogens is 1. The van der Waals surface area contributed by atoms with Gasteiger partial charge in [0.25, 0.3) is 5.91 Å². The van der Waals surface area contributed by atoms with Crippen molar-refractivity contribution in [2.75, 3.05) is 19.5 Å². The fourth-order valence-corrected chi connectivity index (χ4v) is 4.63. The molecule has 0 saturated carbocycles. The predicted molar refractivity (Wildman–Crippen MR) is 157 cm³/mol. The number of aromatic nitrogens is 3. The van der Waals surface area contributed by atoms with E-state index < -0.39 is 6.04 Å². The first-order valence-electron chi connectivity index (χ1n) is 12.9. The minimum absolute atomic E-state index is 0.115. The molecule has 0 saturated heterocycles. The van der Waals surface area contributed by atoms with Crippen LogP contribution in [0.4, 0.5) is 5.69 Å². The topological polar surface area (TPSA) is 98.6 Å². The van der Waals surface area contributed by atoms with Crippen LogP contribution in [0.3, 0.4) is 0 Å². The van der Waals surface area contributed by atoms with Crippen molar-refractivity contribution in [3.63, 3.8) is 0 Å². The summed E-state index contributed by atoms with van der Waals surface area (Å²) < 4.78 is 12.1. The van der Waals surface area contributed by atoms with Crippen LogP contribution in [0.25, 0.3) is 11.0 Å². The van der Waals surface area contributed by atoms with E-state index in [-0.39, 0.29) is 24.9 Å². The first-order chi connectivity index (χ1) is 19.9. The molecule has 5 aromatic rings. The third-order valence-electron chi connectivity index (χ3n) is 6.64. The third-order valence-corrected chi connectivity index (χ3v) is 6.89. The Bertz CT molecular complexity index is 1640. The molecule has 208 valence electrons. The van der Waals surface area contributed by atoms with Gasteiger partial charge in [0, 0.05) is 17.3 Å². The monoisotopic (exact) mass is 569 g/mol. The maximum Gasteiger partial charge on any atom is 0.251 e. The molecular weight excluding hydrogens is 542 g/mol. The van der Waals surface area contributed by atoms with Gasteiger partial charge in [0.2, 0.25) is 5.91 Å². The number of hydrogen-bond acceptors (Lipinski definition) is 6. The first-order valence-corrected chi connectivity index (χ1v) is 13.2. The maximum absolute atomic E-state index is 14.1. The number of rotatable bonds is 10. The van der Waals surface area contributed by atoms with E-state index in [1.165, 1.54) is 0 Å². The fraction of sp³-hybridized carbons (Fsp3) is 0.161. The minimum Gasteiger partial charge on any atom is -0.497 e. The van der Waals surface area contributed by atoms with E-state index in [0.717, 1.165) is 11.1 Å². The van der Waals surface area contributed by atoms with E-state index in [2.05, 4.69) is 15.6 Å². The summed E-state index contributed by atoms with van der Waals surface area (Å²) in [6, 6.07) is 27.7. The number of methoxy groups -OCH3 is 2. The highest BCUT2D eigenvalue weighted by Crippen LogP contribution is 2.28. The van der Waals surface area contributed by atoms with Crippen molar-refractivity contribution in [2.24, 2.45) is 0 Å². The largest absolute Gasteiger partial charge is 0.497 e. The number of amides is 2. The van der Waals surface area contributed by atoms with E-state index in [4.69, 9.17) is 21.1 Å². The number of nitrogens with one attached hydrogen (secondary N) is 1. The summed E-state index contributed by atoms with van der Waals surface area (Å²) in [5.41, 5.74) is 3.38. The van der Waals surface area contributed by atoms with Crippen LogP contribution in [0.15, 0.2) is 97.1 Å². The van der Waals surface area contributed by atoms with Gasteiger partial charge in [-0.15, -0.1) is 5.10 Å². The second-order valence-corrected chi connectivity index (χ2v) is 9.71. The molecular formula is C31H28ClN5O4.